The van der Waals surface area contributed by atoms with Crippen LogP contribution in [0, 0.1) is 20.8 Å². The van der Waals surface area contributed by atoms with Crippen LogP contribution in [-0.4, -0.2) is 5.97 Å². The lowest BCUT2D eigenvalue weighted by atomic mass is 9.83. The van der Waals surface area contributed by atoms with Crippen LogP contribution < -0.4 is 4.74 Å². The first-order valence-electron chi connectivity index (χ1n) is 7.04. The maximum Gasteiger partial charge on any atom is 0.312 e. The van der Waals surface area contributed by atoms with Crippen molar-refractivity contribution in [3.05, 3.63) is 62.6 Å². The predicted octanol–water partition coefficient (Wildman–Crippen LogP) is 4.82. The maximum atomic E-state index is 12.0. The first kappa shape index (κ1) is 14.3. The molecule has 0 aliphatic carbocycles. The van der Waals surface area contributed by atoms with E-state index in [1.807, 2.05) is 13.0 Å². The molecule has 0 bridgehead atoms. The molecule has 0 amide bonds. The molecule has 0 spiro atoms. The van der Waals surface area contributed by atoms with E-state index in [9.17, 15) is 4.79 Å². The zero-order valence-corrected chi connectivity index (χ0v) is 14.0. The monoisotopic (exact) mass is 344 g/mol. The Morgan fingerprint density at radius 1 is 1.14 bits per heavy atom. The smallest absolute Gasteiger partial charge is 0.312 e. The van der Waals surface area contributed by atoms with E-state index < -0.39 is 0 Å². The van der Waals surface area contributed by atoms with Crippen molar-refractivity contribution < 1.29 is 9.53 Å². The fourth-order valence-electron chi connectivity index (χ4n) is 2.97. The fraction of sp³-hybridized carbons (Fsp3) is 0.278. The molecule has 2 aromatic carbocycles. The van der Waals surface area contributed by atoms with Crippen molar-refractivity contribution in [2.24, 2.45) is 0 Å². The van der Waals surface area contributed by atoms with Crippen LogP contribution in [0.1, 0.15) is 40.2 Å². The van der Waals surface area contributed by atoms with Crippen molar-refractivity contribution in [2.75, 3.05) is 0 Å². The molecule has 1 aliphatic rings. The summed E-state index contributed by atoms with van der Waals surface area (Å²) in [5.41, 5.74) is 5.75. The molecule has 1 unspecified atom stereocenters. The summed E-state index contributed by atoms with van der Waals surface area (Å²) in [7, 11) is 0. The number of carbonyl (C=O) groups is 1. The van der Waals surface area contributed by atoms with Crippen molar-refractivity contribution in [3.8, 4) is 5.75 Å². The van der Waals surface area contributed by atoms with Gasteiger partial charge in [-0.15, -0.1) is 0 Å². The van der Waals surface area contributed by atoms with Gasteiger partial charge in [-0.3, -0.25) is 4.79 Å². The second-order valence-corrected chi connectivity index (χ2v) is 6.48. The third-order valence-electron chi connectivity index (χ3n) is 4.12. The van der Waals surface area contributed by atoms with Gasteiger partial charge in [-0.1, -0.05) is 45.8 Å². The molecule has 0 radical (unpaired) electrons. The summed E-state index contributed by atoms with van der Waals surface area (Å²) in [6, 6.07) is 10.3. The summed E-state index contributed by atoms with van der Waals surface area (Å²) in [6.07, 6.45) is 0.395. The second-order valence-electron chi connectivity index (χ2n) is 5.69. The first-order chi connectivity index (χ1) is 9.97. The van der Waals surface area contributed by atoms with Crippen LogP contribution in [0.4, 0.5) is 0 Å². The number of benzene rings is 2. The lowest BCUT2D eigenvalue weighted by Gasteiger charge is -2.28. The van der Waals surface area contributed by atoms with E-state index in [0.29, 0.717) is 12.2 Å². The largest absolute Gasteiger partial charge is 0.426 e. The SMILES string of the molecule is Cc1ccc(C2CC(=O)Oc3cc(C)c(Br)c(C)c32)cc1. The summed E-state index contributed by atoms with van der Waals surface area (Å²) >= 11 is 3.64. The van der Waals surface area contributed by atoms with Crippen LogP contribution in [0.3, 0.4) is 0 Å². The van der Waals surface area contributed by atoms with Gasteiger partial charge >= 0.3 is 5.97 Å². The van der Waals surface area contributed by atoms with E-state index in [1.165, 1.54) is 5.56 Å². The van der Waals surface area contributed by atoms with Gasteiger partial charge in [0.2, 0.25) is 0 Å². The molecule has 21 heavy (non-hydrogen) atoms. The molecular weight excluding hydrogens is 328 g/mol. The fourth-order valence-corrected chi connectivity index (χ4v) is 3.30. The third-order valence-corrected chi connectivity index (χ3v) is 5.34. The van der Waals surface area contributed by atoms with Gasteiger partial charge in [0.15, 0.2) is 0 Å². The lowest BCUT2D eigenvalue weighted by molar-refractivity contribution is -0.135. The number of aryl methyl sites for hydroxylation is 2. The number of carbonyl (C=O) groups excluding carboxylic acids is 1. The maximum absolute atomic E-state index is 12.0. The highest BCUT2D eigenvalue weighted by Gasteiger charge is 2.31. The highest BCUT2D eigenvalue weighted by Crippen LogP contribution is 2.44. The summed E-state index contributed by atoms with van der Waals surface area (Å²) in [6.45, 7) is 6.16. The molecule has 108 valence electrons. The Hall–Kier alpha value is -1.61. The zero-order valence-electron chi connectivity index (χ0n) is 12.4. The number of hydrogen-bond acceptors (Lipinski definition) is 2. The molecule has 0 saturated heterocycles. The van der Waals surface area contributed by atoms with Gasteiger partial charge in [0.05, 0.1) is 6.42 Å². The number of halogens is 1. The Balaban J connectivity index is 2.19. The van der Waals surface area contributed by atoms with E-state index in [2.05, 4.69) is 54.0 Å². The Kier molecular flexibility index (Phi) is 3.62. The topological polar surface area (TPSA) is 26.3 Å². The van der Waals surface area contributed by atoms with Gasteiger partial charge in [-0.2, -0.15) is 0 Å². The molecule has 2 nitrogen and oxygen atoms in total. The van der Waals surface area contributed by atoms with Crippen molar-refractivity contribution in [2.45, 2.75) is 33.1 Å². The van der Waals surface area contributed by atoms with Crippen LogP contribution in [0.15, 0.2) is 34.8 Å². The van der Waals surface area contributed by atoms with E-state index in [0.717, 1.165) is 26.7 Å². The van der Waals surface area contributed by atoms with Gasteiger partial charge in [0, 0.05) is 16.0 Å². The molecular formula is C18H17BrO2. The van der Waals surface area contributed by atoms with Crippen LogP contribution in [-0.2, 0) is 4.79 Å². The highest BCUT2D eigenvalue weighted by atomic mass is 79.9. The van der Waals surface area contributed by atoms with Crippen LogP contribution in [0.25, 0.3) is 0 Å². The minimum atomic E-state index is -0.158. The minimum Gasteiger partial charge on any atom is -0.426 e. The summed E-state index contributed by atoms with van der Waals surface area (Å²) in [4.78, 5) is 12.0. The normalized spacial score (nSPS) is 17.3. The van der Waals surface area contributed by atoms with Gasteiger partial charge in [0.1, 0.15) is 5.75 Å². The molecule has 2 aromatic rings. The van der Waals surface area contributed by atoms with Crippen molar-refractivity contribution in [1.29, 1.82) is 0 Å². The molecule has 1 atom stereocenters. The summed E-state index contributed by atoms with van der Waals surface area (Å²) < 4.78 is 6.56. The molecule has 3 rings (SSSR count). The van der Waals surface area contributed by atoms with Crippen molar-refractivity contribution in [3.63, 3.8) is 0 Å². The summed E-state index contributed by atoms with van der Waals surface area (Å²) in [5.74, 6) is 0.614. The predicted molar refractivity (Wildman–Crippen MR) is 86.9 cm³/mol. The van der Waals surface area contributed by atoms with Crippen LogP contribution in [0.5, 0.6) is 5.75 Å². The Morgan fingerprint density at radius 3 is 2.48 bits per heavy atom. The van der Waals surface area contributed by atoms with E-state index >= 15 is 0 Å². The van der Waals surface area contributed by atoms with Gasteiger partial charge in [-0.05, 0) is 43.5 Å². The van der Waals surface area contributed by atoms with E-state index in [1.54, 1.807) is 0 Å². The van der Waals surface area contributed by atoms with Gasteiger partial charge < -0.3 is 4.74 Å². The van der Waals surface area contributed by atoms with E-state index in [4.69, 9.17) is 4.74 Å². The number of rotatable bonds is 1. The average molecular weight is 345 g/mol. The minimum absolute atomic E-state index is 0.0683. The molecule has 0 fully saturated rings. The quantitative estimate of drug-likeness (QED) is 0.547. The van der Waals surface area contributed by atoms with E-state index in [-0.39, 0.29) is 11.9 Å². The number of ether oxygens (including phenoxy) is 1. The lowest BCUT2D eigenvalue weighted by Crippen LogP contribution is -2.22. The zero-order chi connectivity index (χ0) is 15.1. The Bertz CT molecular complexity index is 717. The van der Waals surface area contributed by atoms with Crippen LogP contribution >= 0.6 is 15.9 Å². The molecule has 0 N–H and O–H groups in total. The average Bonchev–Trinajstić information content (AvgIpc) is 2.44. The second kappa shape index (κ2) is 5.30. The first-order valence-corrected chi connectivity index (χ1v) is 7.83. The standard InChI is InChI=1S/C18H17BrO2/c1-10-4-6-13(7-5-10)14-9-16(20)21-15-8-11(2)18(19)12(3)17(14)15/h4-8,14H,9H2,1-3H3. The Morgan fingerprint density at radius 2 is 1.81 bits per heavy atom. The summed E-state index contributed by atoms with van der Waals surface area (Å²) in [5, 5.41) is 0. The number of fused-ring (bicyclic) bond motifs is 1. The van der Waals surface area contributed by atoms with Crippen LogP contribution in [0.2, 0.25) is 0 Å². The van der Waals surface area contributed by atoms with Gasteiger partial charge in [-0.25, -0.2) is 0 Å². The molecule has 3 heteroatoms. The van der Waals surface area contributed by atoms with Crippen molar-refractivity contribution >= 4 is 21.9 Å². The van der Waals surface area contributed by atoms with Gasteiger partial charge in [0.25, 0.3) is 0 Å². The molecule has 1 aliphatic heterocycles. The highest BCUT2D eigenvalue weighted by molar-refractivity contribution is 9.10. The molecule has 1 heterocycles. The number of esters is 1. The molecule has 0 saturated carbocycles. The molecule has 0 aromatic heterocycles. The third kappa shape index (κ3) is 2.51. The number of hydrogen-bond donors (Lipinski definition) is 0. The Labute approximate surface area is 133 Å². The van der Waals surface area contributed by atoms with Crippen molar-refractivity contribution in [1.82, 2.24) is 0 Å².